The number of aryl methyl sites for hydroxylation is 1. The van der Waals surface area contributed by atoms with Gasteiger partial charge in [0.1, 0.15) is 5.82 Å². The van der Waals surface area contributed by atoms with Crippen LogP contribution in [0.3, 0.4) is 0 Å². The van der Waals surface area contributed by atoms with E-state index in [-0.39, 0.29) is 0 Å². The number of thioether (sulfide) groups is 1. The summed E-state index contributed by atoms with van der Waals surface area (Å²) in [5.41, 5.74) is 3.08. The molecule has 6 nitrogen and oxygen atoms in total. The van der Waals surface area contributed by atoms with Crippen LogP contribution in [0.1, 0.15) is 48.0 Å². The van der Waals surface area contributed by atoms with Gasteiger partial charge >= 0.3 is 0 Å². The molecule has 2 aliphatic heterocycles. The van der Waals surface area contributed by atoms with Crippen LogP contribution in [0.15, 0.2) is 10.7 Å². The number of hydrogen-bond donors (Lipinski definition) is 1. The molecule has 2 aliphatic rings. The van der Waals surface area contributed by atoms with Crippen molar-refractivity contribution in [2.24, 2.45) is 0 Å². The number of rotatable bonds is 6. The fourth-order valence-electron chi connectivity index (χ4n) is 3.55. The summed E-state index contributed by atoms with van der Waals surface area (Å²) < 4.78 is 8.22. The molecule has 0 amide bonds. The largest absolute Gasteiger partial charge is 0.376 e. The minimum absolute atomic E-state index is 0.303. The summed E-state index contributed by atoms with van der Waals surface area (Å²) in [4.78, 5) is 5.76. The van der Waals surface area contributed by atoms with E-state index in [0.717, 1.165) is 74.4 Å². The van der Waals surface area contributed by atoms with E-state index in [4.69, 9.17) is 4.74 Å². The van der Waals surface area contributed by atoms with Gasteiger partial charge < -0.3 is 14.6 Å². The van der Waals surface area contributed by atoms with Crippen LogP contribution in [0.4, 0.5) is 0 Å². The Morgan fingerprint density at radius 3 is 2.92 bits per heavy atom. The minimum atomic E-state index is 0.303. The van der Waals surface area contributed by atoms with Crippen molar-refractivity contribution in [2.45, 2.75) is 62.1 Å². The fraction of sp³-hybridized carbons (Fsp3) is 0.706. The third kappa shape index (κ3) is 4.07. The first kappa shape index (κ1) is 17.5. The van der Waals surface area contributed by atoms with E-state index >= 15 is 0 Å². The first-order chi connectivity index (χ1) is 12.3. The molecule has 1 N–H and O–H groups in total. The van der Waals surface area contributed by atoms with Gasteiger partial charge in [0.15, 0.2) is 5.16 Å². The smallest absolute Gasteiger partial charge is 0.191 e. The van der Waals surface area contributed by atoms with E-state index in [0.29, 0.717) is 12.0 Å². The normalized spacial score (nSPS) is 21.9. The van der Waals surface area contributed by atoms with E-state index in [9.17, 15) is 0 Å². The predicted octanol–water partition coefficient (Wildman–Crippen LogP) is 2.98. The van der Waals surface area contributed by atoms with Gasteiger partial charge in [0.05, 0.1) is 23.9 Å². The number of aromatic nitrogens is 4. The average molecular weight is 380 g/mol. The quantitative estimate of drug-likeness (QED) is 0.779. The van der Waals surface area contributed by atoms with Gasteiger partial charge in [-0.05, 0) is 45.7 Å². The van der Waals surface area contributed by atoms with E-state index < -0.39 is 0 Å². The van der Waals surface area contributed by atoms with E-state index in [2.05, 4.69) is 32.0 Å². The first-order valence-electron chi connectivity index (χ1n) is 9.08. The van der Waals surface area contributed by atoms with Gasteiger partial charge in [0.25, 0.3) is 0 Å². The standard InChI is InChI=1S/C17H25N5OS2/c1-12-15(19-11-25-12)10-24-17-21-20-16(13-4-6-18-7-5-13)22(17)9-14-3-2-8-23-14/h11,13-14,18H,2-10H2,1H3/t14-/m0/s1. The number of nitrogens with zero attached hydrogens (tertiary/aromatic N) is 4. The first-order valence-corrected chi connectivity index (χ1v) is 10.9. The van der Waals surface area contributed by atoms with Crippen molar-refractivity contribution >= 4 is 23.1 Å². The van der Waals surface area contributed by atoms with Crippen LogP contribution < -0.4 is 5.32 Å². The van der Waals surface area contributed by atoms with Crippen LogP contribution in [0.2, 0.25) is 0 Å². The Kier molecular flexibility index (Phi) is 5.70. The third-order valence-electron chi connectivity index (χ3n) is 5.04. The molecule has 2 aromatic heterocycles. The van der Waals surface area contributed by atoms with Crippen molar-refractivity contribution in [2.75, 3.05) is 19.7 Å². The van der Waals surface area contributed by atoms with Crippen molar-refractivity contribution in [3.8, 4) is 0 Å². The molecule has 0 aliphatic carbocycles. The Morgan fingerprint density at radius 2 is 2.20 bits per heavy atom. The summed E-state index contributed by atoms with van der Waals surface area (Å²) in [5, 5.41) is 13.6. The molecule has 2 fully saturated rings. The third-order valence-corrected chi connectivity index (χ3v) is 6.82. The summed E-state index contributed by atoms with van der Waals surface area (Å²) in [6.07, 6.45) is 4.88. The number of ether oxygens (including phenoxy) is 1. The maximum absolute atomic E-state index is 5.88. The van der Waals surface area contributed by atoms with Gasteiger partial charge in [-0.2, -0.15) is 0 Å². The van der Waals surface area contributed by atoms with Crippen molar-refractivity contribution in [1.29, 1.82) is 0 Å². The van der Waals surface area contributed by atoms with Crippen LogP contribution in [0.5, 0.6) is 0 Å². The van der Waals surface area contributed by atoms with E-state index in [1.54, 1.807) is 23.1 Å². The number of piperidine rings is 1. The summed E-state index contributed by atoms with van der Waals surface area (Å²) in [5.74, 6) is 2.51. The number of hydrogen-bond acceptors (Lipinski definition) is 7. The van der Waals surface area contributed by atoms with Crippen LogP contribution in [-0.4, -0.2) is 45.5 Å². The Hall–Kier alpha value is -0.960. The summed E-state index contributed by atoms with van der Waals surface area (Å²) in [6, 6.07) is 0. The highest BCUT2D eigenvalue weighted by Crippen LogP contribution is 2.30. The molecule has 136 valence electrons. The zero-order valence-electron chi connectivity index (χ0n) is 14.6. The summed E-state index contributed by atoms with van der Waals surface area (Å²) in [7, 11) is 0. The molecular weight excluding hydrogens is 354 g/mol. The topological polar surface area (TPSA) is 64.9 Å². The molecule has 0 bridgehead atoms. The maximum Gasteiger partial charge on any atom is 0.191 e. The lowest BCUT2D eigenvalue weighted by Crippen LogP contribution is -2.29. The molecule has 0 spiro atoms. The molecule has 0 aromatic carbocycles. The van der Waals surface area contributed by atoms with Crippen molar-refractivity contribution < 1.29 is 4.74 Å². The average Bonchev–Trinajstić information content (AvgIpc) is 3.37. The molecule has 2 aromatic rings. The number of thiazole rings is 1. The molecule has 4 heterocycles. The van der Waals surface area contributed by atoms with Gasteiger partial charge in [0.2, 0.25) is 0 Å². The molecule has 4 rings (SSSR count). The predicted molar refractivity (Wildman–Crippen MR) is 100 cm³/mol. The Morgan fingerprint density at radius 1 is 1.32 bits per heavy atom. The highest BCUT2D eigenvalue weighted by atomic mass is 32.2. The van der Waals surface area contributed by atoms with Crippen molar-refractivity contribution in [1.82, 2.24) is 25.1 Å². The van der Waals surface area contributed by atoms with Crippen molar-refractivity contribution in [3.05, 3.63) is 21.9 Å². The zero-order chi connectivity index (χ0) is 17.1. The van der Waals surface area contributed by atoms with Gasteiger partial charge in [-0.1, -0.05) is 11.8 Å². The van der Waals surface area contributed by atoms with Crippen LogP contribution >= 0.6 is 23.1 Å². The van der Waals surface area contributed by atoms with Gasteiger partial charge in [0, 0.05) is 23.2 Å². The second-order valence-electron chi connectivity index (χ2n) is 6.75. The number of nitrogens with one attached hydrogen (secondary N) is 1. The summed E-state index contributed by atoms with van der Waals surface area (Å²) in [6.45, 7) is 6.03. The Labute approximate surface area is 156 Å². The van der Waals surface area contributed by atoms with E-state index in [1.165, 1.54) is 4.88 Å². The maximum atomic E-state index is 5.88. The molecule has 25 heavy (non-hydrogen) atoms. The second-order valence-corrected chi connectivity index (χ2v) is 8.76. The molecule has 8 heteroatoms. The Balaban J connectivity index is 1.53. The highest BCUT2D eigenvalue weighted by Gasteiger charge is 2.26. The minimum Gasteiger partial charge on any atom is -0.376 e. The molecule has 0 unspecified atom stereocenters. The molecule has 2 saturated heterocycles. The van der Waals surface area contributed by atoms with E-state index in [1.807, 2.05) is 5.51 Å². The lowest BCUT2D eigenvalue weighted by atomic mass is 9.97. The van der Waals surface area contributed by atoms with Gasteiger partial charge in [-0.3, -0.25) is 0 Å². The highest BCUT2D eigenvalue weighted by molar-refractivity contribution is 7.98. The molecule has 1 atom stereocenters. The Bertz CT molecular complexity index is 689. The van der Waals surface area contributed by atoms with Gasteiger partial charge in [-0.25, -0.2) is 4.98 Å². The second kappa shape index (κ2) is 8.16. The monoisotopic (exact) mass is 379 g/mol. The SMILES string of the molecule is Cc1scnc1CSc1nnc(C2CCNCC2)n1C[C@@H]1CCCO1. The lowest BCUT2D eigenvalue weighted by Gasteiger charge is -2.23. The molecular formula is C17H25N5OS2. The zero-order valence-corrected chi connectivity index (χ0v) is 16.2. The van der Waals surface area contributed by atoms with Crippen LogP contribution in [-0.2, 0) is 17.0 Å². The molecule has 0 radical (unpaired) electrons. The fourth-order valence-corrected chi connectivity index (χ4v) is 5.22. The van der Waals surface area contributed by atoms with Crippen molar-refractivity contribution in [3.63, 3.8) is 0 Å². The summed E-state index contributed by atoms with van der Waals surface area (Å²) >= 11 is 3.45. The van der Waals surface area contributed by atoms with Gasteiger partial charge in [-0.15, -0.1) is 21.5 Å². The molecule has 0 saturated carbocycles. The van der Waals surface area contributed by atoms with Crippen LogP contribution in [0.25, 0.3) is 0 Å². The van der Waals surface area contributed by atoms with Crippen LogP contribution in [0, 0.1) is 6.92 Å². The lowest BCUT2D eigenvalue weighted by molar-refractivity contribution is 0.0936.